The number of carbonyl (C=O) groups excluding carboxylic acids is 1. The van der Waals surface area contributed by atoms with Crippen molar-refractivity contribution in [3.05, 3.63) is 77.1 Å². The molecule has 0 fully saturated rings. The SMILES string of the molecule is O=C/C=C/c1ccccc1CCc1cccc(F)c1. The van der Waals surface area contributed by atoms with Crippen LogP contribution in [-0.4, -0.2) is 6.29 Å². The predicted octanol–water partition coefficient (Wildman–Crippen LogP) is 3.82. The van der Waals surface area contributed by atoms with Crippen molar-refractivity contribution in [2.75, 3.05) is 0 Å². The first-order valence-electron chi connectivity index (χ1n) is 6.24. The van der Waals surface area contributed by atoms with E-state index in [-0.39, 0.29) is 5.82 Å². The van der Waals surface area contributed by atoms with Gasteiger partial charge in [-0.05, 0) is 47.7 Å². The summed E-state index contributed by atoms with van der Waals surface area (Å²) in [5.74, 6) is -0.202. The van der Waals surface area contributed by atoms with Crippen molar-refractivity contribution in [3.63, 3.8) is 0 Å². The number of benzene rings is 2. The lowest BCUT2D eigenvalue weighted by Crippen LogP contribution is -1.94. The highest BCUT2D eigenvalue weighted by Gasteiger charge is 2.01. The molecular weight excluding hydrogens is 239 g/mol. The Morgan fingerprint density at radius 1 is 1.00 bits per heavy atom. The zero-order chi connectivity index (χ0) is 13.5. The number of aryl methyl sites for hydroxylation is 2. The molecule has 0 aliphatic rings. The van der Waals surface area contributed by atoms with Gasteiger partial charge in [0.25, 0.3) is 0 Å². The molecule has 0 saturated carbocycles. The molecule has 0 amide bonds. The Balaban J connectivity index is 2.11. The van der Waals surface area contributed by atoms with Crippen LogP contribution in [0.25, 0.3) is 6.08 Å². The Morgan fingerprint density at radius 3 is 2.63 bits per heavy atom. The van der Waals surface area contributed by atoms with Crippen molar-refractivity contribution in [1.29, 1.82) is 0 Å². The Bertz CT molecular complexity index is 587. The van der Waals surface area contributed by atoms with Crippen molar-refractivity contribution in [1.82, 2.24) is 0 Å². The van der Waals surface area contributed by atoms with Crippen LogP contribution in [-0.2, 0) is 17.6 Å². The zero-order valence-corrected chi connectivity index (χ0v) is 10.6. The third-order valence-electron chi connectivity index (χ3n) is 2.98. The van der Waals surface area contributed by atoms with Gasteiger partial charge in [-0.2, -0.15) is 0 Å². The quantitative estimate of drug-likeness (QED) is 0.585. The van der Waals surface area contributed by atoms with E-state index in [1.807, 2.05) is 30.3 Å². The average Bonchev–Trinajstić information content (AvgIpc) is 2.44. The Hall–Kier alpha value is -2.22. The van der Waals surface area contributed by atoms with E-state index in [0.717, 1.165) is 35.8 Å². The second-order valence-corrected chi connectivity index (χ2v) is 4.32. The van der Waals surface area contributed by atoms with Gasteiger partial charge in [0.2, 0.25) is 0 Å². The summed E-state index contributed by atoms with van der Waals surface area (Å²) in [4.78, 5) is 10.4. The van der Waals surface area contributed by atoms with Crippen LogP contribution in [0, 0.1) is 5.82 Å². The molecule has 96 valence electrons. The maximum atomic E-state index is 13.1. The second-order valence-electron chi connectivity index (χ2n) is 4.32. The number of hydrogen-bond donors (Lipinski definition) is 0. The van der Waals surface area contributed by atoms with Crippen LogP contribution in [0.3, 0.4) is 0 Å². The van der Waals surface area contributed by atoms with Crippen LogP contribution in [0.4, 0.5) is 4.39 Å². The zero-order valence-electron chi connectivity index (χ0n) is 10.6. The van der Waals surface area contributed by atoms with Gasteiger partial charge in [0, 0.05) is 0 Å². The van der Waals surface area contributed by atoms with Crippen molar-refractivity contribution >= 4 is 12.4 Å². The van der Waals surface area contributed by atoms with Crippen LogP contribution in [0.1, 0.15) is 16.7 Å². The van der Waals surface area contributed by atoms with Gasteiger partial charge >= 0.3 is 0 Å². The van der Waals surface area contributed by atoms with Crippen LogP contribution >= 0.6 is 0 Å². The lowest BCUT2D eigenvalue weighted by Gasteiger charge is -2.06. The third-order valence-corrected chi connectivity index (χ3v) is 2.98. The summed E-state index contributed by atoms with van der Waals surface area (Å²) in [7, 11) is 0. The number of carbonyl (C=O) groups is 1. The molecule has 0 saturated heterocycles. The molecule has 1 nitrogen and oxygen atoms in total. The minimum atomic E-state index is -0.202. The minimum Gasteiger partial charge on any atom is -0.299 e. The van der Waals surface area contributed by atoms with Gasteiger partial charge in [-0.25, -0.2) is 4.39 Å². The second kappa shape index (κ2) is 6.64. The molecule has 0 N–H and O–H groups in total. The van der Waals surface area contributed by atoms with E-state index in [1.165, 1.54) is 12.1 Å². The lowest BCUT2D eigenvalue weighted by atomic mass is 9.99. The fourth-order valence-electron chi connectivity index (χ4n) is 2.04. The first-order valence-corrected chi connectivity index (χ1v) is 6.24. The lowest BCUT2D eigenvalue weighted by molar-refractivity contribution is -0.104. The molecule has 2 heteroatoms. The van der Waals surface area contributed by atoms with Crippen LogP contribution in [0.5, 0.6) is 0 Å². The highest BCUT2D eigenvalue weighted by atomic mass is 19.1. The maximum Gasteiger partial charge on any atom is 0.142 e. The number of hydrogen-bond acceptors (Lipinski definition) is 1. The first-order chi connectivity index (χ1) is 9.29. The van der Waals surface area contributed by atoms with Crippen LogP contribution in [0.15, 0.2) is 54.6 Å². The Kier molecular flexibility index (Phi) is 4.62. The molecule has 0 aromatic heterocycles. The summed E-state index contributed by atoms with van der Waals surface area (Å²) in [6.07, 6.45) is 5.66. The molecule has 2 rings (SSSR count). The topological polar surface area (TPSA) is 17.1 Å². The van der Waals surface area contributed by atoms with E-state index in [0.29, 0.717) is 0 Å². The van der Waals surface area contributed by atoms with Crippen molar-refractivity contribution < 1.29 is 9.18 Å². The minimum absolute atomic E-state index is 0.202. The highest BCUT2D eigenvalue weighted by Crippen LogP contribution is 2.14. The van der Waals surface area contributed by atoms with E-state index in [9.17, 15) is 9.18 Å². The Morgan fingerprint density at radius 2 is 1.84 bits per heavy atom. The highest BCUT2D eigenvalue weighted by molar-refractivity contribution is 5.74. The smallest absolute Gasteiger partial charge is 0.142 e. The maximum absolute atomic E-state index is 13.1. The molecule has 0 spiro atoms. The average molecular weight is 254 g/mol. The molecule has 2 aromatic carbocycles. The molecule has 0 atom stereocenters. The van der Waals surface area contributed by atoms with Gasteiger partial charge in [-0.3, -0.25) is 4.79 Å². The summed E-state index contributed by atoms with van der Waals surface area (Å²) < 4.78 is 13.1. The third kappa shape index (κ3) is 3.88. The normalized spacial score (nSPS) is 10.8. The number of allylic oxidation sites excluding steroid dienone is 1. The molecule has 0 radical (unpaired) electrons. The summed E-state index contributed by atoms with van der Waals surface area (Å²) >= 11 is 0. The van der Waals surface area contributed by atoms with Gasteiger partial charge in [0.05, 0.1) is 0 Å². The summed E-state index contributed by atoms with van der Waals surface area (Å²) in [6, 6.07) is 14.6. The Labute approximate surface area is 112 Å². The molecule has 0 unspecified atom stereocenters. The van der Waals surface area contributed by atoms with Gasteiger partial charge in [0.1, 0.15) is 12.1 Å². The fourth-order valence-corrected chi connectivity index (χ4v) is 2.04. The molecule has 19 heavy (non-hydrogen) atoms. The van der Waals surface area contributed by atoms with E-state index in [2.05, 4.69) is 0 Å². The van der Waals surface area contributed by atoms with Crippen molar-refractivity contribution in [2.24, 2.45) is 0 Å². The van der Waals surface area contributed by atoms with E-state index in [1.54, 1.807) is 18.2 Å². The van der Waals surface area contributed by atoms with E-state index >= 15 is 0 Å². The fraction of sp³-hybridized carbons (Fsp3) is 0.118. The molecule has 0 aliphatic heterocycles. The molecule has 2 aromatic rings. The number of halogens is 1. The largest absolute Gasteiger partial charge is 0.299 e. The van der Waals surface area contributed by atoms with Gasteiger partial charge in [-0.1, -0.05) is 42.5 Å². The molecule has 0 heterocycles. The van der Waals surface area contributed by atoms with Crippen molar-refractivity contribution in [3.8, 4) is 0 Å². The molecule has 0 aliphatic carbocycles. The van der Waals surface area contributed by atoms with E-state index in [4.69, 9.17) is 0 Å². The summed E-state index contributed by atoms with van der Waals surface area (Å²) in [5.41, 5.74) is 3.17. The summed E-state index contributed by atoms with van der Waals surface area (Å²) in [6.45, 7) is 0. The van der Waals surface area contributed by atoms with E-state index < -0.39 is 0 Å². The summed E-state index contributed by atoms with van der Waals surface area (Å²) in [5, 5.41) is 0. The molecule has 0 bridgehead atoms. The molecular formula is C17H15FO. The first kappa shape index (κ1) is 13.2. The van der Waals surface area contributed by atoms with Crippen LogP contribution in [0.2, 0.25) is 0 Å². The van der Waals surface area contributed by atoms with Gasteiger partial charge in [0.15, 0.2) is 0 Å². The monoisotopic (exact) mass is 254 g/mol. The van der Waals surface area contributed by atoms with Crippen LogP contribution < -0.4 is 0 Å². The van der Waals surface area contributed by atoms with Crippen molar-refractivity contribution in [2.45, 2.75) is 12.8 Å². The standard InChI is InChI=1S/C17H15FO/c18-17-9-3-5-14(13-17)10-11-16-7-2-1-6-15(16)8-4-12-19/h1-9,12-13H,10-11H2/b8-4+. The number of rotatable bonds is 5. The predicted molar refractivity (Wildman–Crippen MR) is 75.3 cm³/mol. The number of aldehydes is 1. The van der Waals surface area contributed by atoms with Gasteiger partial charge < -0.3 is 0 Å². The van der Waals surface area contributed by atoms with Gasteiger partial charge in [-0.15, -0.1) is 0 Å².